The van der Waals surface area contributed by atoms with Gasteiger partial charge in [0.1, 0.15) is 11.6 Å². The molecule has 0 radical (unpaired) electrons. The third-order valence-corrected chi connectivity index (χ3v) is 6.91. The number of hydrogen-bond acceptors (Lipinski definition) is 6. The highest BCUT2D eigenvalue weighted by atomic mass is 19.1. The van der Waals surface area contributed by atoms with Gasteiger partial charge >= 0.3 is 0 Å². The van der Waals surface area contributed by atoms with E-state index >= 15 is 0 Å². The van der Waals surface area contributed by atoms with E-state index in [4.69, 9.17) is 4.52 Å². The number of carbonyl (C=O) groups is 2. The van der Waals surface area contributed by atoms with Crippen molar-refractivity contribution in [1.29, 1.82) is 0 Å². The topological polar surface area (TPSA) is 100 Å². The molecule has 8 nitrogen and oxygen atoms in total. The summed E-state index contributed by atoms with van der Waals surface area (Å²) in [7, 11) is 0. The quantitative estimate of drug-likeness (QED) is 0.460. The summed E-state index contributed by atoms with van der Waals surface area (Å²) in [4.78, 5) is 32.8. The van der Waals surface area contributed by atoms with Gasteiger partial charge in [0.2, 0.25) is 5.91 Å². The minimum atomic E-state index is -0.811. The van der Waals surface area contributed by atoms with Crippen molar-refractivity contribution in [2.75, 3.05) is 26.2 Å². The number of pyridine rings is 1. The molecular formula is C27H29F2N5O3. The number of halogens is 2. The fourth-order valence-corrected chi connectivity index (χ4v) is 4.72. The largest absolute Gasteiger partial charge is 0.355 e. The van der Waals surface area contributed by atoms with Gasteiger partial charge in [0.25, 0.3) is 5.91 Å². The Bertz CT molecular complexity index is 1250. The molecule has 2 N–H and O–H groups in total. The summed E-state index contributed by atoms with van der Waals surface area (Å²) in [6, 6.07) is 9.67. The van der Waals surface area contributed by atoms with Crippen LogP contribution in [0.15, 0.2) is 53.2 Å². The zero-order valence-electron chi connectivity index (χ0n) is 20.3. The minimum absolute atomic E-state index is 0.00601. The Kier molecular flexibility index (Phi) is 7.55. The first-order valence-electron chi connectivity index (χ1n) is 12.6. The molecule has 1 saturated heterocycles. The highest BCUT2D eigenvalue weighted by Gasteiger charge is 2.37. The van der Waals surface area contributed by atoms with Crippen LogP contribution in [0.2, 0.25) is 0 Å². The van der Waals surface area contributed by atoms with E-state index in [1.165, 1.54) is 25.0 Å². The van der Waals surface area contributed by atoms with Gasteiger partial charge in [-0.25, -0.2) is 8.78 Å². The third-order valence-electron chi connectivity index (χ3n) is 6.91. The molecule has 1 aliphatic heterocycles. The van der Waals surface area contributed by atoms with Crippen LogP contribution >= 0.6 is 0 Å². The maximum Gasteiger partial charge on any atom is 0.273 e. The van der Waals surface area contributed by atoms with Crippen LogP contribution in [0, 0.1) is 23.5 Å². The van der Waals surface area contributed by atoms with E-state index in [2.05, 4.69) is 25.7 Å². The van der Waals surface area contributed by atoms with Crippen molar-refractivity contribution in [3.05, 3.63) is 71.7 Å². The van der Waals surface area contributed by atoms with Gasteiger partial charge in [-0.3, -0.25) is 14.6 Å². The number of carbonyl (C=O) groups excluding carboxylic acids is 2. The Morgan fingerprint density at radius 2 is 1.97 bits per heavy atom. The second-order valence-corrected chi connectivity index (χ2v) is 9.74. The fraction of sp³-hybridized carbons (Fsp3) is 0.407. The average molecular weight is 510 g/mol. The number of nitrogens with zero attached hydrogens (tertiary/aromatic N) is 3. The van der Waals surface area contributed by atoms with Gasteiger partial charge in [0.15, 0.2) is 11.5 Å². The van der Waals surface area contributed by atoms with Gasteiger partial charge in [0, 0.05) is 62.7 Å². The normalized spacial score (nSPS) is 19.9. The molecular weight excluding hydrogens is 480 g/mol. The SMILES string of the molecule is O=C(N[C@@H]1CCN(CC2CC2)C[C@H]1C(=O)NCCc1ccccn1)c1cc(-c2ccc(F)cc2F)on1. The van der Waals surface area contributed by atoms with Crippen molar-refractivity contribution in [3.63, 3.8) is 0 Å². The van der Waals surface area contributed by atoms with E-state index in [-0.39, 0.29) is 29.0 Å². The molecule has 2 amide bonds. The standard InChI is InChI=1S/C27H29F2N5O3/c28-18-6-7-20(22(29)13-18)25-14-24(33-37-25)27(36)32-23-9-12-34(15-17-4-5-17)16-21(23)26(35)31-11-8-19-3-1-2-10-30-19/h1-3,6-7,10,13-14,17,21,23H,4-5,8-9,11-12,15-16H2,(H,31,35)(H,32,36)/t21-,23-/m1/s1. The number of nitrogens with one attached hydrogen (secondary N) is 2. The van der Waals surface area contributed by atoms with Crippen molar-refractivity contribution in [2.24, 2.45) is 11.8 Å². The summed E-state index contributed by atoms with van der Waals surface area (Å²) in [6.07, 6.45) is 5.40. The maximum absolute atomic E-state index is 14.1. The van der Waals surface area contributed by atoms with E-state index < -0.39 is 23.5 Å². The zero-order valence-corrected chi connectivity index (χ0v) is 20.3. The molecule has 1 saturated carbocycles. The summed E-state index contributed by atoms with van der Waals surface area (Å²) >= 11 is 0. The van der Waals surface area contributed by atoms with Gasteiger partial charge in [-0.2, -0.15) is 0 Å². The molecule has 2 aliphatic rings. The molecule has 1 aromatic carbocycles. The van der Waals surface area contributed by atoms with Gasteiger partial charge in [-0.15, -0.1) is 0 Å². The van der Waals surface area contributed by atoms with E-state index in [1.54, 1.807) is 6.20 Å². The first-order valence-corrected chi connectivity index (χ1v) is 12.6. The van der Waals surface area contributed by atoms with Crippen LogP contribution in [0.1, 0.15) is 35.4 Å². The van der Waals surface area contributed by atoms with Gasteiger partial charge < -0.3 is 20.1 Å². The fourth-order valence-electron chi connectivity index (χ4n) is 4.72. The summed E-state index contributed by atoms with van der Waals surface area (Å²) in [5.74, 6) is -1.86. The monoisotopic (exact) mass is 509 g/mol. The zero-order chi connectivity index (χ0) is 25.8. The first-order chi connectivity index (χ1) is 18.0. The number of hydrogen-bond donors (Lipinski definition) is 2. The summed E-state index contributed by atoms with van der Waals surface area (Å²) in [5.41, 5.74) is 0.867. The molecule has 37 heavy (non-hydrogen) atoms. The lowest BCUT2D eigenvalue weighted by molar-refractivity contribution is -0.127. The lowest BCUT2D eigenvalue weighted by Crippen LogP contribution is -2.56. The van der Waals surface area contributed by atoms with Gasteiger partial charge in [-0.1, -0.05) is 11.2 Å². The van der Waals surface area contributed by atoms with Crippen molar-refractivity contribution in [2.45, 2.75) is 31.7 Å². The number of amides is 2. The molecule has 3 aromatic rings. The summed E-state index contributed by atoms with van der Waals surface area (Å²) in [5, 5.41) is 9.72. The van der Waals surface area contributed by atoms with Crippen LogP contribution in [0.5, 0.6) is 0 Å². The Balaban J connectivity index is 1.24. The Morgan fingerprint density at radius 1 is 1.11 bits per heavy atom. The molecule has 3 heterocycles. The van der Waals surface area contributed by atoms with Crippen LogP contribution in [0.25, 0.3) is 11.3 Å². The van der Waals surface area contributed by atoms with Crippen LogP contribution in [0.3, 0.4) is 0 Å². The predicted octanol–water partition coefficient (Wildman–Crippen LogP) is 3.20. The van der Waals surface area contributed by atoms with Crippen LogP contribution < -0.4 is 10.6 Å². The lowest BCUT2D eigenvalue weighted by atomic mass is 9.90. The van der Waals surface area contributed by atoms with Gasteiger partial charge in [0.05, 0.1) is 11.5 Å². The number of rotatable bonds is 9. The number of likely N-dealkylation sites (tertiary alicyclic amines) is 1. The van der Waals surface area contributed by atoms with E-state index in [9.17, 15) is 18.4 Å². The summed E-state index contributed by atoms with van der Waals surface area (Å²) in [6.45, 7) is 2.76. The van der Waals surface area contributed by atoms with Crippen LogP contribution in [-0.2, 0) is 11.2 Å². The molecule has 0 bridgehead atoms. The molecule has 1 aliphatic carbocycles. The average Bonchev–Trinajstić information content (AvgIpc) is 3.57. The Hall–Kier alpha value is -3.66. The molecule has 194 valence electrons. The van der Waals surface area contributed by atoms with Crippen molar-refractivity contribution >= 4 is 11.8 Å². The number of aromatic nitrogens is 2. The number of benzene rings is 1. The summed E-state index contributed by atoms with van der Waals surface area (Å²) < 4.78 is 32.5. The molecule has 2 atom stereocenters. The minimum Gasteiger partial charge on any atom is -0.355 e. The smallest absolute Gasteiger partial charge is 0.273 e. The van der Waals surface area contributed by atoms with Gasteiger partial charge in [-0.05, 0) is 49.4 Å². The molecule has 2 aromatic heterocycles. The second kappa shape index (κ2) is 11.2. The molecule has 10 heteroatoms. The highest BCUT2D eigenvalue weighted by Crippen LogP contribution is 2.31. The van der Waals surface area contributed by atoms with Crippen molar-refractivity contribution < 1.29 is 22.9 Å². The van der Waals surface area contributed by atoms with E-state index in [1.807, 2.05) is 18.2 Å². The van der Waals surface area contributed by atoms with Crippen LogP contribution in [-0.4, -0.2) is 59.1 Å². The molecule has 2 fully saturated rings. The van der Waals surface area contributed by atoms with E-state index in [0.29, 0.717) is 31.8 Å². The first kappa shape index (κ1) is 25.0. The molecule has 5 rings (SSSR count). The molecule has 0 unspecified atom stereocenters. The molecule has 0 spiro atoms. The maximum atomic E-state index is 14.1. The number of piperidine rings is 1. The predicted molar refractivity (Wildman–Crippen MR) is 131 cm³/mol. The lowest BCUT2D eigenvalue weighted by Gasteiger charge is -2.38. The van der Waals surface area contributed by atoms with Crippen molar-refractivity contribution in [1.82, 2.24) is 25.7 Å². The highest BCUT2D eigenvalue weighted by molar-refractivity contribution is 5.94. The second-order valence-electron chi connectivity index (χ2n) is 9.74. The van der Waals surface area contributed by atoms with Crippen molar-refractivity contribution in [3.8, 4) is 11.3 Å². The van der Waals surface area contributed by atoms with E-state index in [0.717, 1.165) is 30.9 Å². The third kappa shape index (κ3) is 6.37. The Morgan fingerprint density at radius 3 is 2.73 bits per heavy atom. The van der Waals surface area contributed by atoms with Crippen LogP contribution in [0.4, 0.5) is 8.78 Å². The Labute approximate surface area is 213 Å².